The summed E-state index contributed by atoms with van der Waals surface area (Å²) in [6.07, 6.45) is 0.880. The van der Waals surface area contributed by atoms with Crippen LogP contribution in [-0.4, -0.2) is 42.4 Å². The van der Waals surface area contributed by atoms with E-state index in [1.807, 2.05) is 31.2 Å². The first-order valence-corrected chi connectivity index (χ1v) is 6.82. The Morgan fingerprint density at radius 2 is 2.17 bits per heavy atom. The van der Waals surface area contributed by atoms with E-state index in [0.29, 0.717) is 12.5 Å². The smallest absolute Gasteiger partial charge is 0.119 e. The Balaban J connectivity index is 1.68. The van der Waals surface area contributed by atoms with Crippen LogP contribution in [0.4, 0.5) is 0 Å². The molecule has 0 bridgehead atoms. The number of aliphatic hydroxyl groups is 1. The van der Waals surface area contributed by atoms with E-state index in [1.54, 1.807) is 0 Å². The third-order valence-electron chi connectivity index (χ3n) is 3.48. The van der Waals surface area contributed by atoms with Crippen molar-refractivity contribution in [2.24, 2.45) is 5.92 Å². The summed E-state index contributed by atoms with van der Waals surface area (Å²) >= 11 is 5.81. The lowest BCUT2D eigenvalue weighted by atomic mass is 10.0. The van der Waals surface area contributed by atoms with Crippen LogP contribution in [0, 0.1) is 5.92 Å². The van der Waals surface area contributed by atoms with Crippen molar-refractivity contribution in [3.8, 4) is 5.75 Å². The quantitative estimate of drug-likeness (QED) is 0.891. The van der Waals surface area contributed by atoms with Gasteiger partial charge in [-0.2, -0.15) is 0 Å². The summed E-state index contributed by atoms with van der Waals surface area (Å²) in [5.41, 5.74) is 0. The number of nitrogens with zero attached hydrogens (tertiary/aromatic N) is 1. The Morgan fingerprint density at radius 1 is 1.44 bits per heavy atom. The average molecular weight is 270 g/mol. The molecular weight excluding hydrogens is 250 g/mol. The topological polar surface area (TPSA) is 32.7 Å². The van der Waals surface area contributed by atoms with Gasteiger partial charge in [-0.15, -0.1) is 0 Å². The van der Waals surface area contributed by atoms with Gasteiger partial charge in [-0.1, -0.05) is 11.6 Å². The van der Waals surface area contributed by atoms with Crippen molar-refractivity contribution in [2.45, 2.75) is 19.4 Å². The van der Waals surface area contributed by atoms with Crippen molar-refractivity contribution >= 4 is 11.6 Å². The van der Waals surface area contributed by atoms with Gasteiger partial charge in [0.1, 0.15) is 12.4 Å². The number of aliphatic hydroxyl groups excluding tert-OH is 1. The molecule has 1 aliphatic rings. The van der Waals surface area contributed by atoms with Gasteiger partial charge in [-0.3, -0.25) is 4.90 Å². The second-order valence-corrected chi connectivity index (χ2v) is 5.33. The largest absolute Gasteiger partial charge is 0.492 e. The van der Waals surface area contributed by atoms with Crippen molar-refractivity contribution in [3.63, 3.8) is 0 Å². The van der Waals surface area contributed by atoms with Crippen LogP contribution in [0.5, 0.6) is 5.75 Å². The first-order chi connectivity index (χ1) is 8.65. The zero-order valence-electron chi connectivity index (χ0n) is 10.7. The molecule has 1 aliphatic heterocycles. The van der Waals surface area contributed by atoms with Gasteiger partial charge in [-0.05, 0) is 50.1 Å². The van der Waals surface area contributed by atoms with E-state index in [1.165, 1.54) is 0 Å². The predicted octanol–water partition coefficient (Wildman–Crippen LogP) is 2.42. The van der Waals surface area contributed by atoms with Crippen LogP contribution in [0.2, 0.25) is 5.02 Å². The molecule has 1 saturated heterocycles. The molecule has 0 spiro atoms. The van der Waals surface area contributed by atoms with E-state index in [2.05, 4.69) is 4.90 Å². The zero-order valence-corrected chi connectivity index (χ0v) is 11.4. The SMILES string of the molecule is CC(O)C1CCN(CCOc2ccc(Cl)cc2)C1. The van der Waals surface area contributed by atoms with Gasteiger partial charge < -0.3 is 9.84 Å². The molecule has 0 saturated carbocycles. The maximum absolute atomic E-state index is 9.53. The molecular formula is C14H20ClNO2. The molecule has 1 N–H and O–H groups in total. The number of likely N-dealkylation sites (tertiary alicyclic amines) is 1. The molecule has 1 heterocycles. The van der Waals surface area contributed by atoms with Crippen LogP contribution < -0.4 is 4.74 Å². The van der Waals surface area contributed by atoms with E-state index >= 15 is 0 Å². The fourth-order valence-corrected chi connectivity index (χ4v) is 2.41. The van der Waals surface area contributed by atoms with Crippen LogP contribution >= 0.6 is 11.6 Å². The van der Waals surface area contributed by atoms with Crippen molar-refractivity contribution in [1.82, 2.24) is 4.90 Å². The van der Waals surface area contributed by atoms with Gasteiger partial charge >= 0.3 is 0 Å². The Kier molecular flexibility index (Phi) is 4.87. The van der Waals surface area contributed by atoms with E-state index < -0.39 is 0 Å². The van der Waals surface area contributed by atoms with Crippen LogP contribution in [0.25, 0.3) is 0 Å². The fourth-order valence-electron chi connectivity index (χ4n) is 2.28. The van der Waals surface area contributed by atoms with Gasteiger partial charge in [0.05, 0.1) is 6.10 Å². The fraction of sp³-hybridized carbons (Fsp3) is 0.571. The Bertz CT molecular complexity index is 367. The lowest BCUT2D eigenvalue weighted by molar-refractivity contribution is 0.125. The molecule has 100 valence electrons. The monoisotopic (exact) mass is 269 g/mol. The molecule has 3 nitrogen and oxygen atoms in total. The molecule has 0 amide bonds. The lowest BCUT2D eigenvalue weighted by Crippen LogP contribution is -2.28. The molecule has 1 aromatic carbocycles. The summed E-state index contributed by atoms with van der Waals surface area (Å²) in [6, 6.07) is 7.42. The molecule has 2 atom stereocenters. The summed E-state index contributed by atoms with van der Waals surface area (Å²) < 4.78 is 5.66. The second-order valence-electron chi connectivity index (χ2n) is 4.89. The third kappa shape index (κ3) is 3.87. The second kappa shape index (κ2) is 6.41. The highest BCUT2D eigenvalue weighted by Crippen LogP contribution is 2.19. The lowest BCUT2D eigenvalue weighted by Gasteiger charge is -2.17. The third-order valence-corrected chi connectivity index (χ3v) is 3.73. The first-order valence-electron chi connectivity index (χ1n) is 6.44. The Morgan fingerprint density at radius 3 is 2.78 bits per heavy atom. The van der Waals surface area contributed by atoms with E-state index in [0.717, 1.165) is 36.8 Å². The van der Waals surface area contributed by atoms with E-state index in [4.69, 9.17) is 16.3 Å². The average Bonchev–Trinajstić information content (AvgIpc) is 2.81. The van der Waals surface area contributed by atoms with Crippen molar-refractivity contribution in [1.29, 1.82) is 0 Å². The number of benzene rings is 1. The van der Waals surface area contributed by atoms with Crippen molar-refractivity contribution in [3.05, 3.63) is 29.3 Å². The van der Waals surface area contributed by atoms with E-state index in [-0.39, 0.29) is 6.10 Å². The maximum atomic E-state index is 9.53. The summed E-state index contributed by atoms with van der Waals surface area (Å²) in [5.74, 6) is 1.27. The highest BCUT2D eigenvalue weighted by atomic mass is 35.5. The molecule has 1 fully saturated rings. The normalized spacial score (nSPS) is 22.1. The zero-order chi connectivity index (χ0) is 13.0. The molecule has 0 aromatic heterocycles. The van der Waals surface area contributed by atoms with Gasteiger partial charge in [0.15, 0.2) is 0 Å². The van der Waals surface area contributed by atoms with Gasteiger partial charge in [0.2, 0.25) is 0 Å². The molecule has 0 aliphatic carbocycles. The molecule has 1 aromatic rings. The summed E-state index contributed by atoms with van der Waals surface area (Å²) in [6.45, 7) is 5.49. The van der Waals surface area contributed by atoms with Crippen LogP contribution in [-0.2, 0) is 0 Å². The Labute approximate surface area is 113 Å². The number of ether oxygens (including phenoxy) is 1. The minimum absolute atomic E-state index is 0.202. The minimum atomic E-state index is -0.202. The highest BCUT2D eigenvalue weighted by molar-refractivity contribution is 6.30. The molecule has 0 radical (unpaired) electrons. The van der Waals surface area contributed by atoms with Crippen LogP contribution in [0.1, 0.15) is 13.3 Å². The number of halogens is 1. The van der Waals surface area contributed by atoms with Gasteiger partial charge in [0.25, 0.3) is 0 Å². The predicted molar refractivity (Wildman–Crippen MR) is 73.2 cm³/mol. The summed E-state index contributed by atoms with van der Waals surface area (Å²) in [4.78, 5) is 2.34. The minimum Gasteiger partial charge on any atom is -0.492 e. The standard InChI is InChI=1S/C14H20ClNO2/c1-11(17)12-6-7-16(10-12)8-9-18-14-4-2-13(15)3-5-14/h2-5,11-12,17H,6-10H2,1H3. The molecule has 2 unspecified atom stereocenters. The number of hydrogen-bond acceptors (Lipinski definition) is 3. The highest BCUT2D eigenvalue weighted by Gasteiger charge is 2.25. The summed E-state index contributed by atoms with van der Waals surface area (Å²) in [5, 5.41) is 10.3. The van der Waals surface area contributed by atoms with Gasteiger partial charge in [0, 0.05) is 18.1 Å². The first kappa shape index (κ1) is 13.7. The van der Waals surface area contributed by atoms with Gasteiger partial charge in [-0.25, -0.2) is 0 Å². The summed E-state index contributed by atoms with van der Waals surface area (Å²) in [7, 11) is 0. The number of hydrogen-bond donors (Lipinski definition) is 1. The molecule has 2 rings (SSSR count). The van der Waals surface area contributed by atoms with Crippen molar-refractivity contribution < 1.29 is 9.84 Å². The maximum Gasteiger partial charge on any atom is 0.119 e. The Hall–Kier alpha value is -0.770. The van der Waals surface area contributed by atoms with Crippen molar-refractivity contribution in [2.75, 3.05) is 26.2 Å². The number of rotatable bonds is 5. The molecule has 18 heavy (non-hydrogen) atoms. The molecule has 4 heteroatoms. The van der Waals surface area contributed by atoms with E-state index in [9.17, 15) is 5.11 Å². The van der Waals surface area contributed by atoms with Crippen LogP contribution in [0.3, 0.4) is 0 Å². The van der Waals surface area contributed by atoms with Crippen LogP contribution in [0.15, 0.2) is 24.3 Å².